The van der Waals surface area contributed by atoms with Crippen molar-refractivity contribution < 1.29 is 8.78 Å². The molecule has 1 aliphatic heterocycles. The van der Waals surface area contributed by atoms with Crippen LogP contribution in [0.25, 0.3) is 55.0 Å². The lowest BCUT2D eigenvalue weighted by molar-refractivity contribution is 0.0115. The number of alkyl halides is 2. The monoisotopic (exact) mass is 512 g/mol. The zero-order chi connectivity index (χ0) is 25.0. The zero-order valence-corrected chi connectivity index (χ0v) is 20.5. The molecule has 0 spiro atoms. The van der Waals surface area contributed by atoms with Gasteiger partial charge in [-0.25, -0.2) is 13.8 Å². The van der Waals surface area contributed by atoms with Crippen LogP contribution in [0.5, 0.6) is 0 Å². The van der Waals surface area contributed by atoms with Crippen LogP contribution in [-0.2, 0) is 6.54 Å². The Morgan fingerprint density at radius 2 is 1.95 bits per heavy atom. The molecular weight excluding hydrogens is 490 g/mol. The van der Waals surface area contributed by atoms with Crippen molar-refractivity contribution in [2.45, 2.75) is 18.9 Å². The summed E-state index contributed by atoms with van der Waals surface area (Å²) >= 11 is 1.66. The van der Waals surface area contributed by atoms with Crippen molar-refractivity contribution in [3.8, 4) is 33.1 Å². The molecule has 0 amide bonds. The lowest BCUT2D eigenvalue weighted by Gasteiger charge is -2.16. The number of thiophene rings is 1. The van der Waals surface area contributed by atoms with Crippen LogP contribution >= 0.6 is 11.3 Å². The van der Waals surface area contributed by atoms with Gasteiger partial charge in [-0.3, -0.25) is 15.0 Å². The molecule has 0 unspecified atom stereocenters. The van der Waals surface area contributed by atoms with E-state index >= 15 is 0 Å². The Labute approximate surface area is 215 Å². The number of H-pyrrole nitrogens is 2. The van der Waals surface area contributed by atoms with Crippen molar-refractivity contribution in [3.63, 3.8) is 0 Å². The molecule has 9 heteroatoms. The minimum absolute atomic E-state index is 0.0742. The number of rotatable bonds is 5. The van der Waals surface area contributed by atoms with Crippen LogP contribution in [0, 0.1) is 0 Å². The van der Waals surface area contributed by atoms with Crippen molar-refractivity contribution >= 4 is 33.3 Å². The van der Waals surface area contributed by atoms with Crippen molar-refractivity contribution in [1.29, 1.82) is 0 Å². The predicted octanol–water partition coefficient (Wildman–Crippen LogP) is 6.74. The fourth-order valence-electron chi connectivity index (χ4n) is 5.11. The number of aromatic nitrogens is 5. The quantitative estimate of drug-likeness (QED) is 0.268. The third-order valence-corrected chi connectivity index (χ3v) is 7.77. The molecule has 6 heterocycles. The molecule has 1 saturated heterocycles. The van der Waals surface area contributed by atoms with E-state index in [1.807, 2.05) is 41.4 Å². The van der Waals surface area contributed by atoms with Crippen LogP contribution in [0.1, 0.15) is 12.0 Å². The van der Waals surface area contributed by atoms with Gasteiger partial charge in [0.05, 0.1) is 28.5 Å². The molecule has 184 valence electrons. The molecule has 0 bridgehead atoms. The number of halogens is 2. The van der Waals surface area contributed by atoms with E-state index in [2.05, 4.69) is 54.8 Å². The third kappa shape index (κ3) is 4.10. The Morgan fingerprint density at radius 3 is 2.78 bits per heavy atom. The molecule has 0 aliphatic carbocycles. The molecule has 5 aromatic heterocycles. The summed E-state index contributed by atoms with van der Waals surface area (Å²) in [6, 6.07) is 18.3. The number of hydrogen-bond donors (Lipinski definition) is 2. The maximum Gasteiger partial charge on any atom is 0.261 e. The van der Waals surface area contributed by atoms with Gasteiger partial charge < -0.3 is 4.98 Å². The normalized spacial score (nSPS) is 15.7. The third-order valence-electron chi connectivity index (χ3n) is 6.90. The minimum atomic E-state index is -2.59. The number of nitrogens with one attached hydrogen (secondary N) is 2. The highest BCUT2D eigenvalue weighted by molar-refractivity contribution is 7.13. The smallest absolute Gasteiger partial charge is 0.261 e. The van der Waals surface area contributed by atoms with E-state index < -0.39 is 5.92 Å². The van der Waals surface area contributed by atoms with Crippen molar-refractivity contribution in [2.75, 3.05) is 13.1 Å². The molecule has 0 saturated carbocycles. The van der Waals surface area contributed by atoms with Gasteiger partial charge in [0.2, 0.25) is 0 Å². The lowest BCUT2D eigenvalue weighted by Crippen LogP contribution is -2.24. The molecule has 1 fully saturated rings. The molecule has 0 radical (unpaired) electrons. The highest BCUT2D eigenvalue weighted by atomic mass is 32.1. The Morgan fingerprint density at radius 1 is 1.00 bits per heavy atom. The summed E-state index contributed by atoms with van der Waals surface area (Å²) in [5, 5.41) is 11.6. The molecule has 6 aromatic rings. The molecule has 37 heavy (non-hydrogen) atoms. The van der Waals surface area contributed by atoms with Gasteiger partial charge in [0.15, 0.2) is 5.65 Å². The Hall–Kier alpha value is -3.95. The summed E-state index contributed by atoms with van der Waals surface area (Å²) in [4.78, 5) is 15.6. The minimum Gasteiger partial charge on any atom is -0.353 e. The first kappa shape index (κ1) is 22.3. The highest BCUT2D eigenvalue weighted by Gasteiger charge is 2.37. The second-order valence-electron chi connectivity index (χ2n) is 9.49. The Bertz CT molecular complexity index is 1740. The summed E-state index contributed by atoms with van der Waals surface area (Å²) in [5.74, 6) is -2.59. The Balaban J connectivity index is 1.24. The Kier molecular flexibility index (Phi) is 5.16. The first-order chi connectivity index (χ1) is 18.0. The lowest BCUT2D eigenvalue weighted by atomic mass is 10.0. The molecular formula is C28H22F2N6S. The van der Waals surface area contributed by atoms with E-state index in [9.17, 15) is 8.78 Å². The number of likely N-dealkylation sites (tertiary alicyclic amines) is 1. The second kappa shape index (κ2) is 8.57. The number of hydrogen-bond acceptors (Lipinski definition) is 5. The van der Waals surface area contributed by atoms with E-state index in [1.54, 1.807) is 17.5 Å². The van der Waals surface area contributed by atoms with Crippen LogP contribution in [0.15, 0.2) is 72.4 Å². The largest absolute Gasteiger partial charge is 0.353 e. The SMILES string of the molecule is FC1(F)CCN(Cc2cccc(-c3cnc4n[nH]c(-c5cc6c(-c7cccs7)nccc6[nH]5)c4c3)c2)C1. The van der Waals surface area contributed by atoms with E-state index in [-0.39, 0.29) is 13.0 Å². The van der Waals surface area contributed by atoms with Gasteiger partial charge in [-0.1, -0.05) is 24.3 Å². The van der Waals surface area contributed by atoms with E-state index in [0.29, 0.717) is 18.7 Å². The summed E-state index contributed by atoms with van der Waals surface area (Å²) in [6.07, 6.45) is 3.55. The molecule has 0 atom stereocenters. The van der Waals surface area contributed by atoms with Gasteiger partial charge >= 0.3 is 0 Å². The van der Waals surface area contributed by atoms with E-state index in [0.717, 1.165) is 54.9 Å². The molecule has 1 aliphatic rings. The van der Waals surface area contributed by atoms with Gasteiger partial charge in [0.1, 0.15) is 0 Å². The van der Waals surface area contributed by atoms with Crippen LogP contribution < -0.4 is 0 Å². The number of fused-ring (bicyclic) bond motifs is 2. The second-order valence-corrected chi connectivity index (χ2v) is 10.4. The van der Waals surface area contributed by atoms with Gasteiger partial charge in [-0.2, -0.15) is 5.10 Å². The average Bonchev–Trinajstić information content (AvgIpc) is 3.69. The fraction of sp³-hybridized carbons (Fsp3) is 0.179. The first-order valence-corrected chi connectivity index (χ1v) is 13.0. The van der Waals surface area contributed by atoms with Gasteiger partial charge in [-0.05, 0) is 46.8 Å². The number of aromatic amines is 2. The van der Waals surface area contributed by atoms with Crippen LogP contribution in [-0.4, -0.2) is 49.1 Å². The topological polar surface area (TPSA) is 73.5 Å². The molecule has 6 nitrogen and oxygen atoms in total. The maximum atomic E-state index is 13.6. The van der Waals surface area contributed by atoms with Gasteiger partial charge in [0, 0.05) is 53.8 Å². The zero-order valence-electron chi connectivity index (χ0n) is 19.7. The number of benzene rings is 1. The number of pyridine rings is 2. The first-order valence-electron chi connectivity index (χ1n) is 12.1. The van der Waals surface area contributed by atoms with Crippen LogP contribution in [0.2, 0.25) is 0 Å². The molecule has 7 rings (SSSR count). The van der Waals surface area contributed by atoms with E-state index in [1.165, 1.54) is 0 Å². The van der Waals surface area contributed by atoms with Crippen molar-refractivity contribution in [3.05, 3.63) is 77.9 Å². The van der Waals surface area contributed by atoms with Crippen molar-refractivity contribution in [1.82, 2.24) is 30.0 Å². The summed E-state index contributed by atoms with van der Waals surface area (Å²) < 4.78 is 27.3. The van der Waals surface area contributed by atoms with Crippen LogP contribution in [0.3, 0.4) is 0 Å². The molecule has 2 N–H and O–H groups in total. The van der Waals surface area contributed by atoms with Crippen LogP contribution in [0.4, 0.5) is 8.78 Å². The average molecular weight is 513 g/mol. The number of nitrogens with zero attached hydrogens (tertiary/aromatic N) is 4. The van der Waals surface area contributed by atoms with Crippen molar-refractivity contribution in [2.24, 2.45) is 0 Å². The maximum absolute atomic E-state index is 13.6. The summed E-state index contributed by atoms with van der Waals surface area (Å²) in [5.41, 5.74) is 7.29. The van der Waals surface area contributed by atoms with Gasteiger partial charge in [0.25, 0.3) is 5.92 Å². The van der Waals surface area contributed by atoms with E-state index in [4.69, 9.17) is 0 Å². The fourth-order valence-corrected chi connectivity index (χ4v) is 5.85. The summed E-state index contributed by atoms with van der Waals surface area (Å²) in [7, 11) is 0. The standard InChI is InChI=1S/C28H22F2N6S/c29-28(30)7-9-36(16-28)15-17-3-1-4-18(11-17)19-12-21-25(34-35-27(21)32-14-19)23-13-20-22(33-23)6-8-31-26(20)24-5-2-10-37-24/h1-6,8,10-14,33H,7,9,15-16H2,(H,32,34,35). The van der Waals surface area contributed by atoms with Gasteiger partial charge in [-0.15, -0.1) is 11.3 Å². The summed E-state index contributed by atoms with van der Waals surface area (Å²) in [6.45, 7) is 0.737. The molecule has 1 aromatic carbocycles. The predicted molar refractivity (Wildman–Crippen MR) is 143 cm³/mol. The highest BCUT2D eigenvalue weighted by Crippen LogP contribution is 2.35.